The van der Waals surface area contributed by atoms with Gasteiger partial charge in [-0.2, -0.15) is 0 Å². The lowest BCUT2D eigenvalue weighted by Gasteiger charge is -2.03. The molecule has 0 atom stereocenters. The van der Waals surface area contributed by atoms with Gasteiger partial charge in [-0.1, -0.05) is 12.0 Å². The SMILES string of the molecule is CCCNC(=O)CCNc1nnc(CNC)o1. The minimum Gasteiger partial charge on any atom is -0.407 e. The first kappa shape index (κ1) is 13.4. The fraction of sp³-hybridized carbons (Fsp3) is 0.700. The molecule has 0 aliphatic carbocycles. The number of anilines is 1. The van der Waals surface area contributed by atoms with Gasteiger partial charge in [-0.25, -0.2) is 0 Å². The Morgan fingerprint density at radius 2 is 2.18 bits per heavy atom. The summed E-state index contributed by atoms with van der Waals surface area (Å²) in [4.78, 5) is 11.3. The molecule has 96 valence electrons. The van der Waals surface area contributed by atoms with E-state index in [9.17, 15) is 4.79 Å². The van der Waals surface area contributed by atoms with Gasteiger partial charge in [0, 0.05) is 19.5 Å². The van der Waals surface area contributed by atoms with Crippen LogP contribution in [0.15, 0.2) is 4.42 Å². The largest absolute Gasteiger partial charge is 0.407 e. The van der Waals surface area contributed by atoms with Crippen molar-refractivity contribution in [3.05, 3.63) is 5.89 Å². The quantitative estimate of drug-likeness (QED) is 0.598. The summed E-state index contributed by atoms with van der Waals surface area (Å²) < 4.78 is 5.26. The molecule has 0 aromatic carbocycles. The first-order chi connectivity index (χ1) is 8.26. The molecule has 0 spiro atoms. The van der Waals surface area contributed by atoms with E-state index in [1.165, 1.54) is 0 Å². The summed E-state index contributed by atoms with van der Waals surface area (Å²) >= 11 is 0. The van der Waals surface area contributed by atoms with Crippen molar-refractivity contribution < 1.29 is 9.21 Å². The highest BCUT2D eigenvalue weighted by atomic mass is 16.4. The second kappa shape index (κ2) is 7.61. The topological polar surface area (TPSA) is 92.1 Å². The van der Waals surface area contributed by atoms with Crippen LogP contribution >= 0.6 is 0 Å². The minimum atomic E-state index is 0.0225. The zero-order valence-electron chi connectivity index (χ0n) is 10.2. The smallest absolute Gasteiger partial charge is 0.315 e. The molecule has 0 saturated carbocycles. The summed E-state index contributed by atoms with van der Waals surface area (Å²) in [5.41, 5.74) is 0. The highest BCUT2D eigenvalue weighted by Crippen LogP contribution is 2.04. The number of hydrogen-bond donors (Lipinski definition) is 3. The van der Waals surface area contributed by atoms with Crippen LogP contribution in [-0.4, -0.2) is 36.2 Å². The van der Waals surface area contributed by atoms with Crippen LogP contribution in [0.3, 0.4) is 0 Å². The zero-order valence-corrected chi connectivity index (χ0v) is 10.2. The van der Waals surface area contributed by atoms with Gasteiger partial charge in [0.15, 0.2) is 0 Å². The van der Waals surface area contributed by atoms with Crippen molar-refractivity contribution in [3.63, 3.8) is 0 Å². The lowest BCUT2D eigenvalue weighted by atomic mass is 10.4. The monoisotopic (exact) mass is 241 g/mol. The van der Waals surface area contributed by atoms with Crippen LogP contribution in [0, 0.1) is 0 Å². The minimum absolute atomic E-state index is 0.0225. The third-order valence-corrected chi connectivity index (χ3v) is 2.00. The molecule has 1 aromatic rings. The summed E-state index contributed by atoms with van der Waals surface area (Å²) in [6.07, 6.45) is 1.33. The Labute approximate surface area is 100 Å². The fourth-order valence-corrected chi connectivity index (χ4v) is 1.18. The molecule has 0 aliphatic heterocycles. The Morgan fingerprint density at radius 3 is 2.88 bits per heavy atom. The molecule has 0 aliphatic rings. The average molecular weight is 241 g/mol. The summed E-state index contributed by atoms with van der Waals surface area (Å²) in [7, 11) is 1.80. The van der Waals surface area contributed by atoms with Crippen molar-refractivity contribution in [2.24, 2.45) is 0 Å². The standard InChI is InChI=1S/C10H19N5O2/c1-3-5-12-8(16)4-6-13-10-15-14-9(17-10)7-11-2/h11H,3-7H2,1-2H3,(H,12,16)(H,13,15). The Bertz CT molecular complexity index is 339. The van der Waals surface area contributed by atoms with Gasteiger partial charge < -0.3 is 20.4 Å². The zero-order chi connectivity index (χ0) is 12.5. The van der Waals surface area contributed by atoms with Crippen molar-refractivity contribution in [1.29, 1.82) is 0 Å². The van der Waals surface area contributed by atoms with E-state index in [2.05, 4.69) is 26.1 Å². The number of carbonyl (C=O) groups excluding carboxylic acids is 1. The second-order valence-corrected chi connectivity index (χ2v) is 3.56. The molecule has 0 bridgehead atoms. The van der Waals surface area contributed by atoms with Crippen molar-refractivity contribution in [2.45, 2.75) is 26.3 Å². The van der Waals surface area contributed by atoms with Crippen molar-refractivity contribution in [1.82, 2.24) is 20.8 Å². The van der Waals surface area contributed by atoms with E-state index in [1.54, 1.807) is 7.05 Å². The Morgan fingerprint density at radius 1 is 1.35 bits per heavy atom. The lowest BCUT2D eigenvalue weighted by molar-refractivity contribution is -0.120. The fourth-order valence-electron chi connectivity index (χ4n) is 1.18. The third kappa shape index (κ3) is 5.30. The number of nitrogens with one attached hydrogen (secondary N) is 3. The lowest BCUT2D eigenvalue weighted by Crippen LogP contribution is -2.25. The maximum Gasteiger partial charge on any atom is 0.315 e. The Balaban J connectivity index is 2.19. The van der Waals surface area contributed by atoms with Crippen LogP contribution in [0.25, 0.3) is 0 Å². The highest BCUT2D eigenvalue weighted by Gasteiger charge is 2.05. The molecular formula is C10H19N5O2. The number of hydrogen-bond acceptors (Lipinski definition) is 6. The predicted octanol–water partition coefficient (Wildman–Crippen LogP) is 0.117. The molecule has 1 rings (SSSR count). The summed E-state index contributed by atoms with van der Waals surface area (Å²) in [5.74, 6) is 0.541. The van der Waals surface area contributed by atoms with Crippen LogP contribution in [0.5, 0.6) is 0 Å². The number of rotatable bonds is 8. The van der Waals surface area contributed by atoms with Gasteiger partial charge in [0.1, 0.15) is 0 Å². The van der Waals surface area contributed by atoms with Gasteiger partial charge in [0.2, 0.25) is 11.8 Å². The average Bonchev–Trinajstić information content (AvgIpc) is 2.75. The molecule has 17 heavy (non-hydrogen) atoms. The highest BCUT2D eigenvalue weighted by molar-refractivity contribution is 5.76. The van der Waals surface area contributed by atoms with E-state index in [0.717, 1.165) is 6.42 Å². The molecule has 0 saturated heterocycles. The first-order valence-corrected chi connectivity index (χ1v) is 5.73. The van der Waals surface area contributed by atoms with E-state index >= 15 is 0 Å². The molecule has 1 aromatic heterocycles. The maximum atomic E-state index is 11.3. The molecule has 0 fully saturated rings. The van der Waals surface area contributed by atoms with Crippen LogP contribution in [0.4, 0.5) is 6.01 Å². The molecule has 7 nitrogen and oxygen atoms in total. The van der Waals surface area contributed by atoms with Gasteiger partial charge >= 0.3 is 6.01 Å². The molecule has 3 N–H and O–H groups in total. The third-order valence-electron chi connectivity index (χ3n) is 2.00. The maximum absolute atomic E-state index is 11.3. The van der Waals surface area contributed by atoms with Gasteiger partial charge in [0.05, 0.1) is 6.54 Å². The van der Waals surface area contributed by atoms with Gasteiger partial charge in [-0.3, -0.25) is 4.79 Å². The van der Waals surface area contributed by atoms with E-state index in [4.69, 9.17) is 4.42 Å². The van der Waals surface area contributed by atoms with Gasteiger partial charge in [-0.05, 0) is 13.5 Å². The molecule has 0 radical (unpaired) electrons. The van der Waals surface area contributed by atoms with E-state index < -0.39 is 0 Å². The van der Waals surface area contributed by atoms with E-state index in [1.807, 2.05) is 6.92 Å². The van der Waals surface area contributed by atoms with Crippen LogP contribution in [0.2, 0.25) is 0 Å². The van der Waals surface area contributed by atoms with Gasteiger partial charge in [0.25, 0.3) is 0 Å². The molecule has 7 heteroatoms. The number of carbonyl (C=O) groups is 1. The van der Waals surface area contributed by atoms with E-state index in [0.29, 0.717) is 38.0 Å². The normalized spacial score (nSPS) is 10.2. The summed E-state index contributed by atoms with van der Waals surface area (Å²) in [6.45, 7) is 3.74. The molecule has 1 heterocycles. The van der Waals surface area contributed by atoms with Crippen molar-refractivity contribution >= 4 is 11.9 Å². The Kier molecular flexibility index (Phi) is 6.02. The number of aromatic nitrogens is 2. The van der Waals surface area contributed by atoms with Crippen molar-refractivity contribution in [2.75, 3.05) is 25.5 Å². The van der Waals surface area contributed by atoms with E-state index in [-0.39, 0.29) is 5.91 Å². The number of amides is 1. The van der Waals surface area contributed by atoms with Crippen molar-refractivity contribution in [3.8, 4) is 0 Å². The first-order valence-electron chi connectivity index (χ1n) is 5.73. The van der Waals surface area contributed by atoms with Gasteiger partial charge in [-0.15, -0.1) is 5.10 Å². The Hall–Kier alpha value is -1.63. The molecule has 0 unspecified atom stereocenters. The molecular weight excluding hydrogens is 222 g/mol. The van der Waals surface area contributed by atoms with Crippen LogP contribution < -0.4 is 16.0 Å². The summed E-state index contributed by atoms with van der Waals surface area (Å²) in [5, 5.41) is 16.2. The van der Waals surface area contributed by atoms with Crippen LogP contribution in [-0.2, 0) is 11.3 Å². The predicted molar refractivity (Wildman–Crippen MR) is 63.5 cm³/mol. The van der Waals surface area contributed by atoms with Crippen LogP contribution in [0.1, 0.15) is 25.7 Å². The number of nitrogens with zero attached hydrogens (tertiary/aromatic N) is 2. The molecule has 1 amide bonds. The summed E-state index contributed by atoms with van der Waals surface area (Å²) in [6, 6.07) is 0.346. The second-order valence-electron chi connectivity index (χ2n) is 3.56.